The van der Waals surface area contributed by atoms with E-state index in [0.717, 1.165) is 24.4 Å². The number of cyclic esters (lactones) is 1. The van der Waals surface area contributed by atoms with Gasteiger partial charge < -0.3 is 39.0 Å². The molecule has 0 aliphatic carbocycles. The summed E-state index contributed by atoms with van der Waals surface area (Å²) < 4.78 is 25.7. The molecule has 0 amide bonds. The summed E-state index contributed by atoms with van der Waals surface area (Å²) in [5.41, 5.74) is -7.65. The third-order valence-electron chi connectivity index (χ3n) is 5.14. The zero-order chi connectivity index (χ0) is 23.8. The Morgan fingerprint density at radius 3 is 1.97 bits per heavy atom. The minimum absolute atomic E-state index is 0.0144. The van der Waals surface area contributed by atoms with Crippen LogP contribution in [-0.2, 0) is 19.9 Å². The molecule has 3 N–H and O–H groups in total. The molecular formula is C20H19NO11. The second kappa shape index (κ2) is 7.89. The number of carboxylic acids is 2. The Balaban J connectivity index is 2.54. The van der Waals surface area contributed by atoms with Crippen LogP contribution in [0.3, 0.4) is 0 Å². The van der Waals surface area contributed by atoms with Gasteiger partial charge in [-0.3, -0.25) is 0 Å². The molecule has 1 aromatic carbocycles. The molecule has 3 rings (SSSR count). The van der Waals surface area contributed by atoms with Crippen molar-refractivity contribution in [2.24, 2.45) is 0 Å². The zero-order valence-corrected chi connectivity index (χ0v) is 17.4. The van der Waals surface area contributed by atoms with E-state index in [9.17, 15) is 29.7 Å². The van der Waals surface area contributed by atoms with Crippen LogP contribution in [0.5, 0.6) is 23.1 Å². The normalized spacial score (nSPS) is 18.7. The van der Waals surface area contributed by atoms with Crippen LogP contribution in [0.1, 0.15) is 21.5 Å². The summed E-state index contributed by atoms with van der Waals surface area (Å²) in [4.78, 5) is 41.2. The molecule has 0 fully saturated rings. The van der Waals surface area contributed by atoms with Crippen molar-refractivity contribution in [2.45, 2.75) is 11.2 Å². The predicted molar refractivity (Wildman–Crippen MR) is 103 cm³/mol. The molecule has 0 spiro atoms. The van der Waals surface area contributed by atoms with Crippen molar-refractivity contribution in [1.82, 2.24) is 4.98 Å². The summed E-state index contributed by atoms with van der Waals surface area (Å²) in [6, 6.07) is 3.40. The van der Waals surface area contributed by atoms with Crippen molar-refractivity contribution in [3.8, 4) is 23.1 Å². The van der Waals surface area contributed by atoms with Crippen LogP contribution in [-0.4, -0.2) is 72.3 Å². The van der Waals surface area contributed by atoms with Crippen LogP contribution >= 0.6 is 0 Å². The second-order valence-corrected chi connectivity index (χ2v) is 6.55. The number of aliphatic hydroxyl groups is 1. The number of benzene rings is 1. The highest BCUT2D eigenvalue weighted by molar-refractivity contribution is 6.10. The number of carbonyl (C=O) groups excluding carboxylic acids is 1. The molecule has 2 heterocycles. The lowest BCUT2D eigenvalue weighted by atomic mass is 9.69. The minimum Gasteiger partial charge on any atom is -0.493 e. The average Bonchev–Trinajstić information content (AvgIpc) is 2.79. The first-order valence-electron chi connectivity index (χ1n) is 8.90. The van der Waals surface area contributed by atoms with Crippen molar-refractivity contribution in [3.05, 3.63) is 41.1 Å². The van der Waals surface area contributed by atoms with Gasteiger partial charge in [0.2, 0.25) is 11.6 Å². The van der Waals surface area contributed by atoms with Crippen molar-refractivity contribution in [1.29, 1.82) is 0 Å². The van der Waals surface area contributed by atoms with E-state index in [2.05, 4.69) is 4.98 Å². The van der Waals surface area contributed by atoms with Gasteiger partial charge in [-0.1, -0.05) is 0 Å². The summed E-state index contributed by atoms with van der Waals surface area (Å²) in [7, 11) is 5.05. The van der Waals surface area contributed by atoms with Crippen LogP contribution in [0.25, 0.3) is 0 Å². The number of aliphatic carboxylic acids is 2. The fraction of sp³-hybridized carbons (Fsp3) is 0.300. The first kappa shape index (κ1) is 22.6. The molecule has 12 heteroatoms. The fourth-order valence-electron chi connectivity index (χ4n) is 3.69. The number of hydrogen-bond acceptors (Lipinski definition) is 10. The third-order valence-corrected chi connectivity index (χ3v) is 5.14. The summed E-state index contributed by atoms with van der Waals surface area (Å²) in [6.07, 6.45) is 1.12. The molecule has 0 radical (unpaired) electrons. The van der Waals surface area contributed by atoms with E-state index in [1.54, 1.807) is 0 Å². The molecule has 170 valence electrons. The lowest BCUT2D eigenvalue weighted by Gasteiger charge is -2.44. The number of pyridine rings is 1. The highest BCUT2D eigenvalue weighted by Gasteiger charge is 2.71. The molecule has 1 aromatic heterocycles. The molecule has 0 saturated heterocycles. The van der Waals surface area contributed by atoms with E-state index in [0.29, 0.717) is 0 Å². The van der Waals surface area contributed by atoms with Gasteiger partial charge in [-0.25, -0.2) is 19.4 Å². The lowest BCUT2D eigenvalue weighted by molar-refractivity contribution is -0.205. The Kier molecular flexibility index (Phi) is 5.58. The monoisotopic (exact) mass is 449 g/mol. The zero-order valence-electron chi connectivity index (χ0n) is 17.4. The van der Waals surface area contributed by atoms with Crippen LogP contribution in [0.15, 0.2) is 24.4 Å². The van der Waals surface area contributed by atoms with Gasteiger partial charge in [0.05, 0.1) is 28.4 Å². The van der Waals surface area contributed by atoms with Crippen LogP contribution < -0.4 is 18.9 Å². The van der Waals surface area contributed by atoms with E-state index < -0.39 is 40.2 Å². The highest BCUT2D eigenvalue weighted by atomic mass is 16.6. The van der Waals surface area contributed by atoms with Crippen molar-refractivity contribution < 1.29 is 53.4 Å². The number of carboxylic acid groups (broad SMARTS) is 2. The smallest absolute Gasteiger partial charge is 0.364 e. The molecular weight excluding hydrogens is 430 g/mol. The fourth-order valence-corrected chi connectivity index (χ4v) is 3.69. The Hall–Kier alpha value is -4.06. The highest BCUT2D eigenvalue weighted by Crippen LogP contribution is 2.52. The number of esters is 1. The summed E-state index contributed by atoms with van der Waals surface area (Å²) in [5, 5.41) is 31.8. The maximum atomic E-state index is 12.7. The van der Waals surface area contributed by atoms with Gasteiger partial charge in [0.15, 0.2) is 17.1 Å². The number of nitrogens with zero attached hydrogens (tertiary/aromatic N) is 1. The number of hydrogen-bond donors (Lipinski definition) is 3. The van der Waals surface area contributed by atoms with E-state index >= 15 is 0 Å². The molecule has 0 saturated carbocycles. The Bertz CT molecular complexity index is 1070. The van der Waals surface area contributed by atoms with Gasteiger partial charge in [0.25, 0.3) is 0 Å². The van der Waals surface area contributed by atoms with Crippen LogP contribution in [0, 0.1) is 0 Å². The van der Waals surface area contributed by atoms with Gasteiger partial charge in [0, 0.05) is 17.3 Å². The Labute approximate surface area is 180 Å². The second-order valence-electron chi connectivity index (χ2n) is 6.55. The Morgan fingerprint density at radius 1 is 0.969 bits per heavy atom. The number of methoxy groups -OCH3 is 4. The van der Waals surface area contributed by atoms with Crippen LogP contribution in [0.2, 0.25) is 0 Å². The molecule has 1 aliphatic heterocycles. The standard InChI is InChI=1S/C20H19NO11/c1-28-11-7-9(8-12(29-2)14(11)30-3)19(27)10-5-6-21-15(31-4)13(10)16(22)32-20(19,17(23)24)18(25)26/h5-8,27H,1-4H3,(H,23,24)(H,25,26). The van der Waals surface area contributed by atoms with E-state index in [1.165, 1.54) is 28.4 Å². The van der Waals surface area contributed by atoms with E-state index in [-0.39, 0.29) is 28.7 Å². The number of carbonyl (C=O) groups is 3. The maximum Gasteiger partial charge on any atom is 0.364 e. The summed E-state index contributed by atoms with van der Waals surface area (Å²) in [5.74, 6) is -5.85. The first-order valence-corrected chi connectivity index (χ1v) is 8.90. The summed E-state index contributed by atoms with van der Waals surface area (Å²) >= 11 is 0. The number of ether oxygens (including phenoxy) is 5. The van der Waals surface area contributed by atoms with Gasteiger partial charge in [0.1, 0.15) is 5.56 Å². The Morgan fingerprint density at radius 2 is 1.53 bits per heavy atom. The van der Waals surface area contributed by atoms with Crippen LogP contribution in [0.4, 0.5) is 0 Å². The average molecular weight is 449 g/mol. The minimum atomic E-state index is -3.48. The lowest BCUT2D eigenvalue weighted by Crippen LogP contribution is -2.67. The number of rotatable bonds is 7. The molecule has 2 aromatic rings. The molecule has 32 heavy (non-hydrogen) atoms. The van der Waals surface area contributed by atoms with Crippen molar-refractivity contribution >= 4 is 17.9 Å². The van der Waals surface area contributed by atoms with E-state index in [4.69, 9.17) is 23.7 Å². The quantitative estimate of drug-likeness (QED) is 0.394. The van der Waals surface area contributed by atoms with Gasteiger partial charge >= 0.3 is 23.5 Å². The number of fused-ring (bicyclic) bond motifs is 1. The predicted octanol–water partition coefficient (Wildman–Crippen LogP) is 0.430. The topological polar surface area (TPSA) is 171 Å². The molecule has 1 unspecified atom stereocenters. The first-order chi connectivity index (χ1) is 15.1. The van der Waals surface area contributed by atoms with Gasteiger partial charge in [-0.2, -0.15) is 0 Å². The molecule has 0 bridgehead atoms. The SMILES string of the molecule is COc1cc(C2(O)c3ccnc(OC)c3C(=O)OC2(C(=O)O)C(=O)O)cc(OC)c1OC. The number of aromatic nitrogens is 1. The van der Waals surface area contributed by atoms with E-state index in [1.807, 2.05) is 0 Å². The summed E-state index contributed by atoms with van der Waals surface area (Å²) in [6.45, 7) is 0. The van der Waals surface area contributed by atoms with Gasteiger partial charge in [-0.15, -0.1) is 0 Å². The maximum absolute atomic E-state index is 12.7. The van der Waals surface area contributed by atoms with Crippen molar-refractivity contribution in [3.63, 3.8) is 0 Å². The largest absolute Gasteiger partial charge is 0.493 e. The van der Waals surface area contributed by atoms with Crippen molar-refractivity contribution in [2.75, 3.05) is 28.4 Å². The molecule has 1 atom stereocenters. The van der Waals surface area contributed by atoms with Gasteiger partial charge in [-0.05, 0) is 18.2 Å². The molecule has 12 nitrogen and oxygen atoms in total. The molecule has 1 aliphatic rings. The third kappa shape index (κ3) is 2.80.